The van der Waals surface area contributed by atoms with Crippen molar-refractivity contribution in [2.45, 2.75) is 26.3 Å². The summed E-state index contributed by atoms with van der Waals surface area (Å²) in [6, 6.07) is 9.17. The van der Waals surface area contributed by atoms with Crippen LogP contribution >= 0.6 is 0 Å². The quantitative estimate of drug-likeness (QED) is 0.607. The third-order valence-corrected chi connectivity index (χ3v) is 3.97. The fourth-order valence-corrected chi connectivity index (χ4v) is 2.57. The molecule has 2 heterocycles. The highest BCUT2D eigenvalue weighted by Gasteiger charge is 2.13. The molecule has 28 heavy (non-hydrogen) atoms. The summed E-state index contributed by atoms with van der Waals surface area (Å²) in [4.78, 5) is 20.4. The van der Waals surface area contributed by atoms with Gasteiger partial charge in [0.25, 0.3) is 0 Å². The predicted molar refractivity (Wildman–Crippen MR) is 102 cm³/mol. The Morgan fingerprint density at radius 3 is 2.89 bits per heavy atom. The summed E-state index contributed by atoms with van der Waals surface area (Å²) in [5.74, 6) is 2.00. The second-order valence-electron chi connectivity index (χ2n) is 5.95. The number of methoxy groups -OCH3 is 1. The van der Waals surface area contributed by atoms with Crippen LogP contribution in [0.3, 0.4) is 0 Å². The van der Waals surface area contributed by atoms with E-state index in [1.165, 1.54) is 0 Å². The summed E-state index contributed by atoms with van der Waals surface area (Å²) < 4.78 is 16.1. The van der Waals surface area contributed by atoms with E-state index in [0.717, 1.165) is 11.1 Å². The van der Waals surface area contributed by atoms with Crippen LogP contribution in [0.15, 0.2) is 47.2 Å². The molecule has 0 bridgehead atoms. The van der Waals surface area contributed by atoms with Crippen LogP contribution in [0.1, 0.15) is 24.8 Å². The van der Waals surface area contributed by atoms with E-state index < -0.39 is 0 Å². The molecule has 0 saturated heterocycles. The van der Waals surface area contributed by atoms with E-state index in [9.17, 15) is 4.79 Å². The summed E-state index contributed by atoms with van der Waals surface area (Å²) in [5, 5.41) is 6.83. The minimum Gasteiger partial charge on any atom is -0.493 e. The molecule has 3 aromatic rings. The molecule has 0 spiro atoms. The lowest BCUT2D eigenvalue weighted by Gasteiger charge is -2.09. The van der Waals surface area contributed by atoms with E-state index in [1.54, 1.807) is 31.6 Å². The molecule has 1 aromatic carbocycles. The van der Waals surface area contributed by atoms with Gasteiger partial charge in [0.05, 0.1) is 13.7 Å². The smallest absolute Gasteiger partial charge is 0.227 e. The summed E-state index contributed by atoms with van der Waals surface area (Å²) in [6.07, 6.45) is 4.03. The molecule has 3 rings (SSSR count). The molecular formula is C20H22N4O4. The van der Waals surface area contributed by atoms with Gasteiger partial charge in [0.15, 0.2) is 11.5 Å². The molecule has 1 N–H and O–H groups in total. The number of amides is 1. The molecule has 0 saturated carbocycles. The number of hydrogen-bond donors (Lipinski definition) is 1. The number of ether oxygens (including phenoxy) is 2. The summed E-state index contributed by atoms with van der Waals surface area (Å²) in [7, 11) is 1.58. The van der Waals surface area contributed by atoms with Crippen molar-refractivity contribution < 1.29 is 18.8 Å². The molecule has 0 aliphatic carbocycles. The number of benzene rings is 1. The largest absolute Gasteiger partial charge is 0.493 e. The Morgan fingerprint density at radius 1 is 1.25 bits per heavy atom. The van der Waals surface area contributed by atoms with E-state index in [-0.39, 0.29) is 12.3 Å². The number of carbonyl (C=O) groups excluding carboxylic acids is 1. The number of pyridine rings is 1. The fourth-order valence-electron chi connectivity index (χ4n) is 2.57. The topological polar surface area (TPSA) is 99.4 Å². The number of carbonyl (C=O) groups is 1. The van der Waals surface area contributed by atoms with Crippen molar-refractivity contribution in [3.63, 3.8) is 0 Å². The molecule has 1 amide bonds. The van der Waals surface area contributed by atoms with Crippen molar-refractivity contribution >= 4 is 5.91 Å². The normalized spacial score (nSPS) is 10.5. The van der Waals surface area contributed by atoms with Crippen LogP contribution in [0.2, 0.25) is 0 Å². The predicted octanol–water partition coefficient (Wildman–Crippen LogP) is 2.79. The van der Waals surface area contributed by atoms with Gasteiger partial charge < -0.3 is 19.3 Å². The molecule has 8 heteroatoms. The van der Waals surface area contributed by atoms with Gasteiger partial charge in [-0.2, -0.15) is 4.98 Å². The number of rotatable bonds is 9. The van der Waals surface area contributed by atoms with E-state index in [4.69, 9.17) is 14.0 Å². The maximum Gasteiger partial charge on any atom is 0.227 e. The van der Waals surface area contributed by atoms with Gasteiger partial charge in [0.2, 0.25) is 17.6 Å². The first-order valence-electron chi connectivity index (χ1n) is 8.99. The molecule has 2 aromatic heterocycles. The zero-order valence-corrected chi connectivity index (χ0v) is 15.8. The molecule has 146 valence electrons. The first-order chi connectivity index (χ1) is 13.7. The Labute approximate surface area is 162 Å². The van der Waals surface area contributed by atoms with E-state index in [2.05, 4.69) is 20.4 Å². The molecular weight excluding hydrogens is 360 g/mol. The molecule has 8 nitrogen and oxygen atoms in total. The van der Waals surface area contributed by atoms with Crippen molar-refractivity contribution in [1.82, 2.24) is 20.4 Å². The third kappa shape index (κ3) is 5.06. The zero-order chi connectivity index (χ0) is 19.8. The standard InChI is InChI=1S/C20H22N4O4/c1-3-27-16-7-6-15(11-17(16)26-2)20-23-19(28-24-20)9-8-18(25)22-13-14-5-4-10-21-12-14/h4-7,10-12H,3,8-9,13H2,1-2H3,(H,22,25). The second kappa shape index (κ2) is 9.50. The van der Waals surface area contributed by atoms with Crippen molar-refractivity contribution in [1.29, 1.82) is 0 Å². The van der Waals surface area contributed by atoms with Crippen molar-refractivity contribution in [3.05, 3.63) is 54.2 Å². The SMILES string of the molecule is CCOc1ccc(-c2noc(CCC(=O)NCc3cccnc3)n2)cc1OC. The Kier molecular flexibility index (Phi) is 6.56. The lowest BCUT2D eigenvalue weighted by atomic mass is 10.2. The van der Waals surface area contributed by atoms with E-state index in [0.29, 0.717) is 42.8 Å². The van der Waals surface area contributed by atoms with Gasteiger partial charge in [-0.05, 0) is 36.8 Å². The Hall–Kier alpha value is -3.42. The number of nitrogens with zero attached hydrogens (tertiary/aromatic N) is 3. The Morgan fingerprint density at radius 2 is 2.14 bits per heavy atom. The van der Waals surface area contributed by atoms with Crippen LogP contribution in [0, 0.1) is 0 Å². The highest BCUT2D eigenvalue weighted by Crippen LogP contribution is 2.31. The molecule has 0 aliphatic heterocycles. The number of nitrogens with one attached hydrogen (secondary N) is 1. The number of aromatic nitrogens is 3. The first kappa shape index (κ1) is 19.3. The highest BCUT2D eigenvalue weighted by atomic mass is 16.5. The van der Waals surface area contributed by atoms with Crippen LogP contribution in [0.5, 0.6) is 11.5 Å². The average molecular weight is 382 g/mol. The van der Waals surface area contributed by atoms with E-state index >= 15 is 0 Å². The van der Waals surface area contributed by atoms with Gasteiger partial charge in [-0.15, -0.1) is 0 Å². The highest BCUT2D eigenvalue weighted by molar-refractivity contribution is 5.76. The van der Waals surface area contributed by atoms with Crippen molar-refractivity contribution in [3.8, 4) is 22.9 Å². The molecule has 0 radical (unpaired) electrons. The van der Waals surface area contributed by atoms with Crippen LogP contribution in [-0.4, -0.2) is 34.7 Å². The lowest BCUT2D eigenvalue weighted by molar-refractivity contribution is -0.121. The van der Waals surface area contributed by atoms with Crippen LogP contribution in [-0.2, 0) is 17.8 Å². The van der Waals surface area contributed by atoms with Crippen LogP contribution in [0.25, 0.3) is 11.4 Å². The fraction of sp³-hybridized carbons (Fsp3) is 0.300. The van der Waals surface area contributed by atoms with Gasteiger partial charge in [0, 0.05) is 37.3 Å². The first-order valence-corrected chi connectivity index (χ1v) is 8.99. The zero-order valence-electron chi connectivity index (χ0n) is 15.8. The summed E-state index contributed by atoms with van der Waals surface area (Å²) in [5.41, 5.74) is 1.69. The van der Waals surface area contributed by atoms with E-state index in [1.807, 2.05) is 25.1 Å². The molecule has 0 fully saturated rings. The monoisotopic (exact) mass is 382 g/mol. The van der Waals surface area contributed by atoms with Gasteiger partial charge in [-0.25, -0.2) is 0 Å². The Bertz CT molecular complexity index is 912. The van der Waals surface area contributed by atoms with Gasteiger partial charge in [-0.1, -0.05) is 11.2 Å². The van der Waals surface area contributed by atoms with Crippen molar-refractivity contribution in [2.24, 2.45) is 0 Å². The van der Waals surface area contributed by atoms with Gasteiger partial charge >= 0.3 is 0 Å². The minimum absolute atomic E-state index is 0.0914. The molecule has 0 atom stereocenters. The van der Waals surface area contributed by atoms with Crippen molar-refractivity contribution in [2.75, 3.05) is 13.7 Å². The van der Waals surface area contributed by atoms with Gasteiger partial charge in [-0.3, -0.25) is 9.78 Å². The number of hydrogen-bond acceptors (Lipinski definition) is 7. The summed E-state index contributed by atoms with van der Waals surface area (Å²) in [6.45, 7) is 2.89. The lowest BCUT2D eigenvalue weighted by Crippen LogP contribution is -2.23. The average Bonchev–Trinajstić information content (AvgIpc) is 3.21. The Balaban J connectivity index is 1.56. The second-order valence-corrected chi connectivity index (χ2v) is 5.95. The maximum absolute atomic E-state index is 12.0. The molecule has 0 unspecified atom stereocenters. The number of aryl methyl sites for hydroxylation is 1. The van der Waals surface area contributed by atoms with Gasteiger partial charge in [0.1, 0.15) is 0 Å². The third-order valence-electron chi connectivity index (χ3n) is 3.97. The van der Waals surface area contributed by atoms with Crippen LogP contribution < -0.4 is 14.8 Å². The maximum atomic E-state index is 12.0. The minimum atomic E-state index is -0.0914. The molecule has 0 aliphatic rings. The van der Waals surface area contributed by atoms with Crippen LogP contribution in [0.4, 0.5) is 0 Å². The summed E-state index contributed by atoms with van der Waals surface area (Å²) >= 11 is 0.